The van der Waals surface area contributed by atoms with E-state index in [0.29, 0.717) is 50.0 Å². The lowest BCUT2D eigenvalue weighted by molar-refractivity contribution is -0.118. The van der Waals surface area contributed by atoms with Crippen LogP contribution in [0.5, 0.6) is 5.75 Å². The molecule has 5 nitrogen and oxygen atoms in total. The molecule has 4 rings (SSSR count). The van der Waals surface area contributed by atoms with Gasteiger partial charge in [-0.2, -0.15) is 0 Å². The van der Waals surface area contributed by atoms with Gasteiger partial charge in [0, 0.05) is 10.7 Å². The molecule has 3 aromatic carbocycles. The van der Waals surface area contributed by atoms with Crippen LogP contribution in [0.25, 0.3) is 22.6 Å². The highest BCUT2D eigenvalue weighted by Gasteiger charge is 2.13. The number of hydrogen-bond acceptors (Lipinski definition) is 4. The van der Waals surface area contributed by atoms with Crippen LogP contribution in [0.1, 0.15) is 31.7 Å². The minimum atomic E-state index is -0.267. The van der Waals surface area contributed by atoms with E-state index in [9.17, 15) is 4.79 Å². The van der Waals surface area contributed by atoms with Crippen molar-refractivity contribution in [3.05, 3.63) is 76.3 Å². The van der Waals surface area contributed by atoms with Crippen molar-refractivity contribution in [1.29, 1.82) is 0 Å². The number of carbonyl (C=O) groups is 1. The maximum Gasteiger partial charge on any atom is 0.262 e. The molecule has 164 valence electrons. The quantitative estimate of drug-likeness (QED) is 0.308. The Hall–Kier alpha value is -3.02. The molecule has 32 heavy (non-hydrogen) atoms. The molecule has 0 radical (unpaired) electrons. The maximum absolute atomic E-state index is 12.3. The van der Waals surface area contributed by atoms with Gasteiger partial charge in [0.05, 0.1) is 10.6 Å². The molecule has 7 heteroatoms. The Morgan fingerprint density at radius 2 is 1.88 bits per heavy atom. The summed E-state index contributed by atoms with van der Waals surface area (Å²) in [5, 5.41) is 3.85. The minimum Gasteiger partial charge on any atom is -0.484 e. The third kappa shape index (κ3) is 5.06. The number of nitrogens with one attached hydrogen (secondary N) is 1. The van der Waals surface area contributed by atoms with Crippen molar-refractivity contribution >= 4 is 45.9 Å². The first-order valence-electron chi connectivity index (χ1n) is 10.3. The maximum atomic E-state index is 12.3. The van der Waals surface area contributed by atoms with Crippen molar-refractivity contribution in [2.24, 2.45) is 0 Å². The van der Waals surface area contributed by atoms with E-state index in [4.69, 9.17) is 32.4 Å². The summed E-state index contributed by atoms with van der Waals surface area (Å²) in [5.41, 5.74) is 3.62. The van der Waals surface area contributed by atoms with E-state index < -0.39 is 0 Å². The fraction of sp³-hybridized carbons (Fsp3) is 0.200. The number of amides is 1. The average molecular weight is 469 g/mol. The second kappa shape index (κ2) is 9.63. The standard InChI is InChI=1S/C25H22Cl2N2O3/c1-3-15(2)16-4-8-19(9-5-16)31-14-24(30)28-18-7-11-23-22(13-18)29-25(32-23)20-12-17(26)6-10-21(20)27/h4-13,15H,3,14H2,1-2H3,(H,28,30)/t15-/m0/s1. The van der Waals surface area contributed by atoms with Crippen molar-refractivity contribution in [1.82, 2.24) is 4.98 Å². The number of nitrogens with zero attached hydrogens (tertiary/aromatic N) is 1. The molecule has 0 unspecified atom stereocenters. The summed E-state index contributed by atoms with van der Waals surface area (Å²) >= 11 is 12.3. The van der Waals surface area contributed by atoms with Gasteiger partial charge in [0.25, 0.3) is 5.91 Å². The van der Waals surface area contributed by atoms with E-state index in [-0.39, 0.29) is 12.5 Å². The number of hydrogen-bond donors (Lipinski definition) is 1. The molecule has 0 aliphatic rings. The zero-order valence-corrected chi connectivity index (χ0v) is 19.2. The molecular formula is C25H22Cl2N2O3. The van der Waals surface area contributed by atoms with Gasteiger partial charge in [-0.1, -0.05) is 49.2 Å². The lowest BCUT2D eigenvalue weighted by Crippen LogP contribution is -2.20. The number of rotatable bonds is 7. The molecule has 4 aromatic rings. The van der Waals surface area contributed by atoms with E-state index in [1.807, 2.05) is 24.3 Å². The Morgan fingerprint density at radius 1 is 1.09 bits per heavy atom. The van der Waals surface area contributed by atoms with Crippen LogP contribution in [-0.2, 0) is 4.79 Å². The van der Waals surface area contributed by atoms with Gasteiger partial charge in [-0.15, -0.1) is 0 Å². The van der Waals surface area contributed by atoms with Crippen LogP contribution < -0.4 is 10.1 Å². The van der Waals surface area contributed by atoms with Gasteiger partial charge >= 0.3 is 0 Å². The van der Waals surface area contributed by atoms with Gasteiger partial charge in [-0.05, 0) is 66.4 Å². The third-order valence-electron chi connectivity index (χ3n) is 5.26. The second-order valence-electron chi connectivity index (χ2n) is 7.54. The Bertz CT molecular complexity index is 1250. The molecule has 0 aliphatic heterocycles. The zero-order valence-electron chi connectivity index (χ0n) is 17.7. The number of halogens is 2. The summed E-state index contributed by atoms with van der Waals surface area (Å²) in [6.07, 6.45) is 1.08. The van der Waals surface area contributed by atoms with Gasteiger partial charge in [0.15, 0.2) is 12.2 Å². The number of ether oxygens (including phenoxy) is 1. The Morgan fingerprint density at radius 3 is 2.62 bits per heavy atom. The Labute approximate surface area is 196 Å². The molecule has 1 atom stereocenters. The van der Waals surface area contributed by atoms with Crippen LogP contribution in [0.15, 0.2) is 65.1 Å². The van der Waals surface area contributed by atoms with Crippen LogP contribution in [0.4, 0.5) is 5.69 Å². The second-order valence-corrected chi connectivity index (χ2v) is 8.38. The van der Waals surface area contributed by atoms with E-state index in [1.54, 1.807) is 36.4 Å². The molecule has 1 aromatic heterocycles. The normalized spacial score (nSPS) is 12.0. The van der Waals surface area contributed by atoms with Crippen LogP contribution >= 0.6 is 23.2 Å². The third-order valence-corrected chi connectivity index (χ3v) is 5.83. The first-order chi connectivity index (χ1) is 15.4. The number of oxazole rings is 1. The summed E-state index contributed by atoms with van der Waals surface area (Å²) in [6.45, 7) is 4.24. The molecule has 1 amide bonds. The molecule has 0 fully saturated rings. The molecule has 0 aliphatic carbocycles. The van der Waals surface area contributed by atoms with Crippen molar-refractivity contribution in [3.63, 3.8) is 0 Å². The summed E-state index contributed by atoms with van der Waals surface area (Å²) in [6, 6.07) is 18.2. The zero-order chi connectivity index (χ0) is 22.7. The van der Waals surface area contributed by atoms with Gasteiger partial charge in [-0.25, -0.2) is 4.98 Å². The topological polar surface area (TPSA) is 64.4 Å². The van der Waals surface area contributed by atoms with Gasteiger partial charge in [0.2, 0.25) is 5.89 Å². The average Bonchev–Trinajstić information content (AvgIpc) is 3.22. The largest absolute Gasteiger partial charge is 0.484 e. The highest BCUT2D eigenvalue weighted by atomic mass is 35.5. The fourth-order valence-corrected chi connectivity index (χ4v) is 3.63. The van der Waals surface area contributed by atoms with Gasteiger partial charge in [0.1, 0.15) is 11.3 Å². The lowest BCUT2D eigenvalue weighted by Gasteiger charge is -2.11. The van der Waals surface area contributed by atoms with Gasteiger partial charge in [-0.3, -0.25) is 4.79 Å². The number of benzene rings is 3. The number of anilines is 1. The van der Waals surface area contributed by atoms with E-state index in [1.165, 1.54) is 5.56 Å². The predicted molar refractivity (Wildman–Crippen MR) is 129 cm³/mol. The monoisotopic (exact) mass is 468 g/mol. The number of aromatic nitrogens is 1. The minimum absolute atomic E-state index is 0.0943. The lowest BCUT2D eigenvalue weighted by atomic mass is 9.99. The highest BCUT2D eigenvalue weighted by molar-refractivity contribution is 6.35. The summed E-state index contributed by atoms with van der Waals surface area (Å²) in [7, 11) is 0. The van der Waals surface area contributed by atoms with Crippen LogP contribution in [-0.4, -0.2) is 17.5 Å². The van der Waals surface area contributed by atoms with Crippen molar-refractivity contribution in [2.45, 2.75) is 26.2 Å². The number of fused-ring (bicyclic) bond motifs is 1. The molecule has 0 bridgehead atoms. The van der Waals surface area contributed by atoms with Crippen molar-refractivity contribution in [2.75, 3.05) is 11.9 Å². The Balaban J connectivity index is 1.41. The first kappa shape index (κ1) is 22.2. The molecular weight excluding hydrogens is 447 g/mol. The van der Waals surface area contributed by atoms with Gasteiger partial charge < -0.3 is 14.5 Å². The Kier molecular flexibility index (Phi) is 6.68. The molecule has 1 heterocycles. The highest BCUT2D eigenvalue weighted by Crippen LogP contribution is 2.32. The van der Waals surface area contributed by atoms with Crippen molar-refractivity contribution in [3.8, 4) is 17.2 Å². The van der Waals surface area contributed by atoms with Crippen LogP contribution in [0.2, 0.25) is 10.0 Å². The molecule has 0 saturated heterocycles. The molecule has 0 spiro atoms. The SMILES string of the molecule is CC[C@H](C)c1ccc(OCC(=O)Nc2ccc3oc(-c4cc(Cl)ccc4Cl)nc3c2)cc1. The van der Waals surface area contributed by atoms with Crippen LogP contribution in [0.3, 0.4) is 0 Å². The summed E-state index contributed by atoms with van der Waals surface area (Å²) in [4.78, 5) is 16.8. The fourth-order valence-electron chi connectivity index (χ4n) is 3.26. The smallest absolute Gasteiger partial charge is 0.262 e. The van der Waals surface area contributed by atoms with Crippen molar-refractivity contribution < 1.29 is 13.9 Å². The summed E-state index contributed by atoms with van der Waals surface area (Å²) in [5.74, 6) is 1.24. The van der Waals surface area contributed by atoms with E-state index in [2.05, 4.69) is 24.1 Å². The number of carbonyl (C=O) groups excluding carboxylic acids is 1. The van der Waals surface area contributed by atoms with E-state index in [0.717, 1.165) is 6.42 Å². The molecule has 0 saturated carbocycles. The summed E-state index contributed by atoms with van der Waals surface area (Å²) < 4.78 is 11.4. The predicted octanol–water partition coefficient (Wildman–Crippen LogP) is 7.33. The first-order valence-corrected chi connectivity index (χ1v) is 11.1. The van der Waals surface area contributed by atoms with E-state index >= 15 is 0 Å². The molecule has 1 N–H and O–H groups in total. The van der Waals surface area contributed by atoms with Crippen LogP contribution in [0, 0.1) is 0 Å².